The number of amides is 2. The molecule has 1 aromatic heterocycles. The van der Waals surface area contributed by atoms with Crippen molar-refractivity contribution in [2.45, 2.75) is 52.1 Å². The summed E-state index contributed by atoms with van der Waals surface area (Å²) in [6.07, 6.45) is 2.81. The average molecular weight is 485 g/mol. The number of aryl methyl sites for hydroxylation is 1. The molecule has 188 valence electrons. The third-order valence-corrected chi connectivity index (χ3v) is 7.31. The molecule has 1 aliphatic carbocycles. The molecule has 1 aromatic carbocycles. The molecule has 2 fully saturated rings. The number of Topliss-reactive ketones (excluding diaryl/α,β-unsaturated/α-hetero) is 1. The van der Waals surface area contributed by atoms with Crippen LogP contribution in [0.25, 0.3) is 0 Å². The number of carbonyl (C=O) groups excluding carboxylic acids is 3. The molecule has 2 aliphatic rings. The summed E-state index contributed by atoms with van der Waals surface area (Å²) in [5.41, 5.74) is 2.41. The summed E-state index contributed by atoms with van der Waals surface area (Å²) < 4.78 is 20.6. The second kappa shape index (κ2) is 10.3. The van der Waals surface area contributed by atoms with E-state index in [2.05, 4.69) is 15.5 Å². The third-order valence-electron chi connectivity index (χ3n) is 7.31. The Hall–Kier alpha value is -3.04. The lowest BCUT2D eigenvalue weighted by Crippen LogP contribution is -2.53. The Morgan fingerprint density at radius 3 is 2.49 bits per heavy atom. The van der Waals surface area contributed by atoms with Gasteiger partial charge in [0.15, 0.2) is 0 Å². The minimum Gasteiger partial charge on any atom is -0.379 e. The molecule has 0 bridgehead atoms. The molecule has 1 aliphatic heterocycles. The highest BCUT2D eigenvalue weighted by Gasteiger charge is 2.36. The lowest BCUT2D eigenvalue weighted by atomic mass is 10.1. The van der Waals surface area contributed by atoms with Crippen LogP contribution in [0.5, 0.6) is 0 Å². The molecule has 1 saturated heterocycles. The molecule has 2 amide bonds. The third kappa shape index (κ3) is 5.01. The molecule has 2 heterocycles. The van der Waals surface area contributed by atoms with Crippen molar-refractivity contribution in [1.82, 2.24) is 14.8 Å². The molecule has 0 spiro atoms. The lowest BCUT2D eigenvalue weighted by Gasteiger charge is -2.35. The van der Waals surface area contributed by atoms with E-state index in [1.54, 1.807) is 38.5 Å². The summed E-state index contributed by atoms with van der Waals surface area (Å²) in [5.74, 6) is -2.08. The van der Waals surface area contributed by atoms with Gasteiger partial charge in [-0.15, -0.1) is 0 Å². The van der Waals surface area contributed by atoms with E-state index in [1.807, 2.05) is 0 Å². The Morgan fingerprint density at radius 1 is 1.09 bits per heavy atom. The number of hydrogen-bond donors (Lipinski definition) is 2. The number of carbonyl (C=O) groups is 3. The van der Waals surface area contributed by atoms with E-state index in [-0.39, 0.29) is 23.6 Å². The predicted molar refractivity (Wildman–Crippen MR) is 130 cm³/mol. The number of hydrogen-bond acceptors (Lipinski definition) is 5. The zero-order valence-electron chi connectivity index (χ0n) is 20.7. The summed E-state index contributed by atoms with van der Waals surface area (Å²) in [7, 11) is 1.67. The van der Waals surface area contributed by atoms with E-state index in [9.17, 15) is 18.8 Å². The first-order valence-corrected chi connectivity index (χ1v) is 12.1. The second-order valence-electron chi connectivity index (χ2n) is 9.47. The summed E-state index contributed by atoms with van der Waals surface area (Å²) in [5, 5.41) is 5.74. The fourth-order valence-corrected chi connectivity index (χ4v) is 5.35. The van der Waals surface area contributed by atoms with Crippen molar-refractivity contribution < 1.29 is 23.5 Å². The monoisotopic (exact) mass is 484 g/mol. The second-order valence-corrected chi connectivity index (χ2v) is 9.47. The number of aromatic nitrogens is 1. The van der Waals surface area contributed by atoms with Gasteiger partial charge in [0.05, 0.1) is 24.5 Å². The number of nitrogens with zero attached hydrogens (tertiary/aromatic N) is 2. The first-order chi connectivity index (χ1) is 16.7. The van der Waals surface area contributed by atoms with Crippen molar-refractivity contribution in [3.8, 4) is 0 Å². The van der Waals surface area contributed by atoms with Gasteiger partial charge in [-0.3, -0.25) is 19.3 Å². The van der Waals surface area contributed by atoms with E-state index in [0.717, 1.165) is 32.4 Å². The van der Waals surface area contributed by atoms with Crippen molar-refractivity contribution in [1.29, 1.82) is 0 Å². The standard InChI is InChI=1S/C26H33FN4O4/c1-15-14-18(8-9-19(15)27)28-25(33)22-16(2)23(30(4)17(22)3)24(32)26(34)29-20-6-5-7-21(20)31-10-12-35-13-11-31/h8-9,14,20-21H,5-7,10-13H2,1-4H3,(H,28,33)(H,29,34)/t20-,21-/m0/s1. The van der Waals surface area contributed by atoms with Crippen molar-refractivity contribution >= 4 is 23.3 Å². The molecule has 35 heavy (non-hydrogen) atoms. The molecular formula is C26H33FN4O4. The zero-order valence-corrected chi connectivity index (χ0v) is 20.7. The molecule has 8 nitrogen and oxygen atoms in total. The Balaban J connectivity index is 1.50. The van der Waals surface area contributed by atoms with E-state index >= 15 is 0 Å². The molecule has 2 N–H and O–H groups in total. The molecule has 2 atom stereocenters. The van der Waals surface area contributed by atoms with Gasteiger partial charge in [-0.25, -0.2) is 4.39 Å². The maximum atomic E-state index is 13.6. The number of ether oxygens (including phenoxy) is 1. The van der Waals surface area contributed by atoms with Gasteiger partial charge in [0.1, 0.15) is 5.82 Å². The highest BCUT2D eigenvalue weighted by atomic mass is 19.1. The largest absolute Gasteiger partial charge is 0.379 e. The van der Waals surface area contributed by atoms with Gasteiger partial charge in [0.2, 0.25) is 0 Å². The van der Waals surface area contributed by atoms with Crippen molar-refractivity contribution in [2.75, 3.05) is 31.6 Å². The Labute approximate surface area is 204 Å². The smallest absolute Gasteiger partial charge is 0.294 e. The van der Waals surface area contributed by atoms with Crippen molar-refractivity contribution in [3.63, 3.8) is 0 Å². The first-order valence-electron chi connectivity index (χ1n) is 12.1. The Morgan fingerprint density at radius 2 is 1.80 bits per heavy atom. The van der Waals surface area contributed by atoms with Crippen LogP contribution in [-0.2, 0) is 16.6 Å². The van der Waals surface area contributed by atoms with Crippen LogP contribution in [0.15, 0.2) is 18.2 Å². The highest BCUT2D eigenvalue weighted by Crippen LogP contribution is 2.27. The van der Waals surface area contributed by atoms with Crippen LogP contribution >= 0.6 is 0 Å². The van der Waals surface area contributed by atoms with Crippen molar-refractivity contribution in [3.05, 3.63) is 52.1 Å². The van der Waals surface area contributed by atoms with Crippen LogP contribution in [0, 0.1) is 26.6 Å². The van der Waals surface area contributed by atoms with Crippen LogP contribution in [-0.4, -0.2) is 65.5 Å². The van der Waals surface area contributed by atoms with E-state index in [0.29, 0.717) is 41.3 Å². The summed E-state index contributed by atoms with van der Waals surface area (Å²) in [6.45, 7) is 8.04. The molecule has 4 rings (SSSR count). The number of anilines is 1. The van der Waals surface area contributed by atoms with E-state index in [1.165, 1.54) is 12.1 Å². The van der Waals surface area contributed by atoms with E-state index < -0.39 is 17.6 Å². The maximum absolute atomic E-state index is 13.6. The van der Waals surface area contributed by atoms with Gasteiger partial charge < -0.3 is 19.9 Å². The van der Waals surface area contributed by atoms with Crippen LogP contribution in [0.3, 0.4) is 0 Å². The lowest BCUT2D eigenvalue weighted by molar-refractivity contribution is -0.118. The summed E-state index contributed by atoms with van der Waals surface area (Å²) >= 11 is 0. The van der Waals surface area contributed by atoms with Crippen LogP contribution < -0.4 is 10.6 Å². The fraction of sp³-hybridized carbons (Fsp3) is 0.500. The quantitative estimate of drug-likeness (QED) is 0.486. The van der Waals surface area contributed by atoms with Gasteiger partial charge in [0.25, 0.3) is 17.6 Å². The van der Waals surface area contributed by atoms with Crippen LogP contribution in [0.4, 0.5) is 10.1 Å². The van der Waals surface area contributed by atoms with Gasteiger partial charge in [0, 0.05) is 43.6 Å². The number of rotatable bonds is 6. The SMILES string of the molecule is Cc1cc(NC(=O)c2c(C)c(C(=O)C(=O)N[C@H]3CCC[C@@H]3N3CCOCC3)n(C)c2C)ccc1F. The summed E-state index contributed by atoms with van der Waals surface area (Å²) in [6, 6.07) is 4.44. The molecule has 1 saturated carbocycles. The minimum absolute atomic E-state index is 0.0873. The topological polar surface area (TPSA) is 92.7 Å². The maximum Gasteiger partial charge on any atom is 0.294 e. The Bertz CT molecular complexity index is 1150. The first kappa shape index (κ1) is 25.1. The average Bonchev–Trinajstić information content (AvgIpc) is 3.38. The number of halogens is 1. The van der Waals surface area contributed by atoms with Gasteiger partial charge in [-0.2, -0.15) is 0 Å². The molecular weight excluding hydrogens is 451 g/mol. The predicted octanol–water partition coefficient (Wildman–Crippen LogP) is 2.89. The van der Waals surface area contributed by atoms with Gasteiger partial charge >= 0.3 is 0 Å². The molecule has 9 heteroatoms. The molecule has 0 unspecified atom stereocenters. The van der Waals surface area contributed by atoms with Crippen LogP contribution in [0.2, 0.25) is 0 Å². The summed E-state index contributed by atoms with van der Waals surface area (Å²) in [4.78, 5) is 41.7. The van der Waals surface area contributed by atoms with Crippen molar-refractivity contribution in [2.24, 2.45) is 7.05 Å². The van der Waals surface area contributed by atoms with Gasteiger partial charge in [-0.05, 0) is 69.4 Å². The number of morpholine rings is 1. The Kier molecular flexibility index (Phi) is 7.37. The number of ketones is 1. The number of benzene rings is 1. The molecule has 2 aromatic rings. The molecule has 0 radical (unpaired) electrons. The number of nitrogens with one attached hydrogen (secondary N) is 2. The highest BCUT2D eigenvalue weighted by molar-refractivity contribution is 6.43. The van der Waals surface area contributed by atoms with Crippen LogP contribution in [0.1, 0.15) is 56.9 Å². The zero-order chi connectivity index (χ0) is 25.3. The minimum atomic E-state index is -0.655. The fourth-order valence-electron chi connectivity index (χ4n) is 5.35. The van der Waals surface area contributed by atoms with E-state index in [4.69, 9.17) is 4.74 Å². The van der Waals surface area contributed by atoms with Gasteiger partial charge in [-0.1, -0.05) is 0 Å². The normalized spacial score (nSPS) is 20.6.